The zero-order valence-corrected chi connectivity index (χ0v) is 11.1. The van der Waals surface area contributed by atoms with Crippen LogP contribution in [0.25, 0.3) is 0 Å². The average Bonchev–Trinajstić information content (AvgIpc) is 2.65. The quantitative estimate of drug-likeness (QED) is 0.796. The fourth-order valence-corrected chi connectivity index (χ4v) is 1.86. The number of aryl methyl sites for hydroxylation is 2. The van der Waals surface area contributed by atoms with Crippen molar-refractivity contribution in [3.63, 3.8) is 0 Å². The Morgan fingerprint density at radius 3 is 2.74 bits per heavy atom. The molecule has 4 nitrogen and oxygen atoms in total. The van der Waals surface area contributed by atoms with E-state index in [1.807, 2.05) is 20.0 Å². The average molecular weight is 262 g/mol. The Kier molecular flexibility index (Phi) is 3.64. The summed E-state index contributed by atoms with van der Waals surface area (Å²) in [6.07, 6.45) is 0. The number of carbonyl (C=O) groups is 1. The molecule has 0 saturated heterocycles. The van der Waals surface area contributed by atoms with E-state index in [4.69, 9.17) is 4.74 Å². The minimum atomic E-state index is -0.429. The maximum Gasteiger partial charge on any atom is 0.163 e. The Balaban J connectivity index is 2.21. The van der Waals surface area contributed by atoms with Gasteiger partial charge in [0, 0.05) is 13.1 Å². The van der Waals surface area contributed by atoms with Crippen LogP contribution in [0.2, 0.25) is 0 Å². The third-order valence-electron chi connectivity index (χ3n) is 2.80. The fourth-order valence-electron chi connectivity index (χ4n) is 1.86. The SMILES string of the molecule is CC(=O)c1ccc(F)cc1OCc1cc(C)nn1C. The van der Waals surface area contributed by atoms with Gasteiger partial charge in [-0.1, -0.05) is 0 Å². The van der Waals surface area contributed by atoms with E-state index in [0.717, 1.165) is 11.4 Å². The van der Waals surface area contributed by atoms with Crippen molar-refractivity contribution in [2.75, 3.05) is 0 Å². The van der Waals surface area contributed by atoms with Crippen LogP contribution < -0.4 is 4.74 Å². The molecule has 19 heavy (non-hydrogen) atoms. The molecule has 0 aliphatic carbocycles. The van der Waals surface area contributed by atoms with E-state index in [0.29, 0.717) is 5.56 Å². The molecule has 0 unspecified atom stereocenters. The first-order chi connectivity index (χ1) is 8.97. The minimum absolute atomic E-state index is 0.156. The van der Waals surface area contributed by atoms with Crippen LogP contribution in [0.15, 0.2) is 24.3 Å². The van der Waals surface area contributed by atoms with Crippen molar-refractivity contribution in [1.82, 2.24) is 9.78 Å². The molecule has 0 fully saturated rings. The highest BCUT2D eigenvalue weighted by Crippen LogP contribution is 2.21. The molecule has 2 aromatic rings. The van der Waals surface area contributed by atoms with Crippen molar-refractivity contribution in [1.29, 1.82) is 0 Å². The van der Waals surface area contributed by atoms with Gasteiger partial charge in [0.2, 0.25) is 0 Å². The number of carbonyl (C=O) groups excluding carboxylic acids is 1. The van der Waals surface area contributed by atoms with E-state index in [2.05, 4.69) is 5.10 Å². The van der Waals surface area contributed by atoms with Gasteiger partial charge in [0.25, 0.3) is 0 Å². The summed E-state index contributed by atoms with van der Waals surface area (Å²) in [7, 11) is 1.81. The molecule has 5 heteroatoms. The van der Waals surface area contributed by atoms with Crippen molar-refractivity contribution >= 4 is 5.78 Å². The summed E-state index contributed by atoms with van der Waals surface area (Å²) in [5.41, 5.74) is 2.11. The number of Topliss-reactive ketones (excluding diaryl/α,β-unsaturated/α-hetero) is 1. The van der Waals surface area contributed by atoms with Crippen LogP contribution >= 0.6 is 0 Å². The molecule has 2 rings (SSSR count). The van der Waals surface area contributed by atoms with Gasteiger partial charge >= 0.3 is 0 Å². The van der Waals surface area contributed by atoms with Gasteiger partial charge in [-0.3, -0.25) is 9.48 Å². The predicted molar refractivity (Wildman–Crippen MR) is 68.7 cm³/mol. The summed E-state index contributed by atoms with van der Waals surface area (Å²) in [6, 6.07) is 5.78. The van der Waals surface area contributed by atoms with Gasteiger partial charge in [0.1, 0.15) is 18.2 Å². The van der Waals surface area contributed by atoms with Crippen molar-refractivity contribution in [3.8, 4) is 5.75 Å². The molecule has 0 atom stereocenters. The van der Waals surface area contributed by atoms with E-state index in [1.165, 1.54) is 25.1 Å². The van der Waals surface area contributed by atoms with E-state index < -0.39 is 5.82 Å². The monoisotopic (exact) mass is 262 g/mol. The number of nitrogens with zero attached hydrogens (tertiary/aromatic N) is 2. The van der Waals surface area contributed by atoms with Crippen LogP contribution in [0, 0.1) is 12.7 Å². The predicted octanol–water partition coefficient (Wildman–Crippen LogP) is 2.65. The van der Waals surface area contributed by atoms with Gasteiger partial charge in [-0.05, 0) is 32.0 Å². The fraction of sp³-hybridized carbons (Fsp3) is 0.286. The molecule has 0 aliphatic heterocycles. The second-order valence-corrected chi connectivity index (χ2v) is 4.39. The molecule has 0 radical (unpaired) electrons. The highest BCUT2D eigenvalue weighted by atomic mass is 19.1. The summed E-state index contributed by atoms with van der Waals surface area (Å²) >= 11 is 0. The molecule has 0 saturated carbocycles. The lowest BCUT2D eigenvalue weighted by atomic mass is 10.1. The number of rotatable bonds is 4. The maximum atomic E-state index is 13.2. The first kappa shape index (κ1) is 13.3. The molecule has 1 aromatic carbocycles. The largest absolute Gasteiger partial charge is 0.486 e. The normalized spacial score (nSPS) is 10.5. The Labute approximate surface area is 110 Å². The van der Waals surface area contributed by atoms with Gasteiger partial charge in [-0.15, -0.1) is 0 Å². The van der Waals surface area contributed by atoms with Gasteiger partial charge in [-0.25, -0.2) is 4.39 Å². The summed E-state index contributed by atoms with van der Waals surface area (Å²) in [5, 5.41) is 4.19. The zero-order valence-electron chi connectivity index (χ0n) is 11.1. The van der Waals surface area contributed by atoms with Gasteiger partial charge in [0.05, 0.1) is 17.0 Å². The number of ketones is 1. The standard InChI is InChI=1S/C14H15FN2O2/c1-9-6-12(17(3)16-9)8-19-14-7-11(15)4-5-13(14)10(2)18/h4-7H,8H2,1-3H3. The second kappa shape index (κ2) is 5.22. The Bertz CT molecular complexity index is 620. The third-order valence-corrected chi connectivity index (χ3v) is 2.80. The number of halogens is 1. The Morgan fingerprint density at radius 2 is 2.16 bits per heavy atom. The maximum absolute atomic E-state index is 13.2. The smallest absolute Gasteiger partial charge is 0.163 e. The number of hydrogen-bond donors (Lipinski definition) is 0. The molecular formula is C14H15FN2O2. The first-order valence-electron chi connectivity index (χ1n) is 5.90. The Morgan fingerprint density at radius 1 is 1.42 bits per heavy atom. The van der Waals surface area contributed by atoms with Gasteiger partial charge in [0.15, 0.2) is 5.78 Å². The summed E-state index contributed by atoms with van der Waals surface area (Å²) in [5.74, 6) is -0.330. The number of ether oxygens (including phenoxy) is 1. The summed E-state index contributed by atoms with van der Waals surface area (Å²) in [4.78, 5) is 11.4. The zero-order chi connectivity index (χ0) is 14.0. The van der Waals surface area contributed by atoms with Crippen molar-refractivity contribution in [3.05, 3.63) is 47.0 Å². The molecule has 0 aliphatic rings. The van der Waals surface area contributed by atoms with E-state index in [9.17, 15) is 9.18 Å². The van der Waals surface area contributed by atoms with Crippen LogP contribution in [-0.2, 0) is 13.7 Å². The van der Waals surface area contributed by atoms with E-state index in [-0.39, 0.29) is 18.1 Å². The van der Waals surface area contributed by atoms with Crippen LogP contribution in [-0.4, -0.2) is 15.6 Å². The molecule has 100 valence electrons. The highest BCUT2D eigenvalue weighted by Gasteiger charge is 2.11. The van der Waals surface area contributed by atoms with Crippen LogP contribution in [0.4, 0.5) is 4.39 Å². The van der Waals surface area contributed by atoms with Crippen molar-refractivity contribution in [2.24, 2.45) is 7.05 Å². The Hall–Kier alpha value is -2.17. The molecule has 0 N–H and O–H groups in total. The molecular weight excluding hydrogens is 247 g/mol. The molecule has 1 heterocycles. The van der Waals surface area contributed by atoms with Crippen molar-refractivity contribution in [2.45, 2.75) is 20.5 Å². The second-order valence-electron chi connectivity index (χ2n) is 4.39. The third kappa shape index (κ3) is 2.99. The summed E-state index contributed by atoms with van der Waals surface area (Å²) in [6.45, 7) is 3.54. The lowest BCUT2D eigenvalue weighted by Crippen LogP contribution is -2.06. The van der Waals surface area contributed by atoms with E-state index >= 15 is 0 Å². The molecule has 0 amide bonds. The van der Waals surface area contributed by atoms with Gasteiger partial charge in [-0.2, -0.15) is 5.10 Å². The van der Waals surface area contributed by atoms with Gasteiger partial charge < -0.3 is 4.74 Å². The topological polar surface area (TPSA) is 44.1 Å². The lowest BCUT2D eigenvalue weighted by molar-refractivity contribution is 0.101. The first-order valence-corrected chi connectivity index (χ1v) is 5.90. The number of hydrogen-bond acceptors (Lipinski definition) is 3. The molecule has 1 aromatic heterocycles. The lowest BCUT2D eigenvalue weighted by Gasteiger charge is -2.10. The van der Waals surface area contributed by atoms with Crippen molar-refractivity contribution < 1.29 is 13.9 Å². The van der Waals surface area contributed by atoms with Crippen LogP contribution in [0.5, 0.6) is 5.75 Å². The molecule has 0 spiro atoms. The summed E-state index contributed by atoms with van der Waals surface area (Å²) < 4.78 is 20.4. The highest BCUT2D eigenvalue weighted by molar-refractivity contribution is 5.96. The number of aromatic nitrogens is 2. The molecule has 0 bridgehead atoms. The van der Waals surface area contributed by atoms with Crippen LogP contribution in [0.3, 0.4) is 0 Å². The minimum Gasteiger partial charge on any atom is -0.486 e. The number of benzene rings is 1. The van der Waals surface area contributed by atoms with Crippen LogP contribution in [0.1, 0.15) is 28.7 Å². The van der Waals surface area contributed by atoms with E-state index in [1.54, 1.807) is 4.68 Å².